The lowest BCUT2D eigenvalue weighted by Crippen LogP contribution is -2.32. The van der Waals surface area contributed by atoms with Crippen molar-refractivity contribution in [1.29, 1.82) is 0 Å². The number of hydrogen-bond donors (Lipinski definition) is 1. The van der Waals surface area contributed by atoms with Crippen LogP contribution >= 0.6 is 0 Å². The van der Waals surface area contributed by atoms with Gasteiger partial charge in [0.15, 0.2) is 0 Å². The molecule has 1 amide bonds. The zero-order valence-corrected chi connectivity index (χ0v) is 9.62. The molecule has 0 aliphatic heterocycles. The quantitative estimate of drug-likeness (QED) is 0.843. The van der Waals surface area contributed by atoms with Gasteiger partial charge in [0.1, 0.15) is 12.3 Å². The van der Waals surface area contributed by atoms with Gasteiger partial charge in [-0.15, -0.1) is 0 Å². The number of halogens is 3. The molecule has 0 aliphatic carbocycles. The van der Waals surface area contributed by atoms with Crippen LogP contribution in [0.15, 0.2) is 30.3 Å². The van der Waals surface area contributed by atoms with Crippen molar-refractivity contribution in [2.75, 3.05) is 13.7 Å². The highest BCUT2D eigenvalue weighted by Crippen LogP contribution is 2.13. The Labute approximate surface area is 102 Å². The predicted octanol–water partition coefficient (Wildman–Crippen LogP) is 2.39. The molecule has 18 heavy (non-hydrogen) atoms. The van der Waals surface area contributed by atoms with Crippen molar-refractivity contribution in [2.24, 2.45) is 0 Å². The van der Waals surface area contributed by atoms with Crippen molar-refractivity contribution in [1.82, 2.24) is 5.32 Å². The van der Waals surface area contributed by atoms with Gasteiger partial charge in [-0.3, -0.25) is 4.79 Å². The number of ether oxygens (including phenoxy) is 1. The SMILES string of the molecule is COc1ccc(/C=C/C(=O)NCC(F)(F)F)cc1. The molecule has 0 saturated heterocycles. The Bertz CT molecular complexity index is 424. The Morgan fingerprint density at radius 1 is 1.33 bits per heavy atom. The lowest BCUT2D eigenvalue weighted by molar-refractivity contribution is -0.135. The van der Waals surface area contributed by atoms with Gasteiger partial charge < -0.3 is 10.1 Å². The van der Waals surface area contributed by atoms with E-state index in [1.165, 1.54) is 13.2 Å². The van der Waals surface area contributed by atoms with E-state index >= 15 is 0 Å². The molecule has 0 bridgehead atoms. The first-order chi connectivity index (χ1) is 8.40. The van der Waals surface area contributed by atoms with Gasteiger partial charge in [-0.1, -0.05) is 12.1 Å². The molecule has 0 heterocycles. The molecule has 0 aromatic heterocycles. The van der Waals surface area contributed by atoms with Crippen LogP contribution in [0.3, 0.4) is 0 Å². The molecule has 98 valence electrons. The summed E-state index contributed by atoms with van der Waals surface area (Å²) >= 11 is 0. The van der Waals surface area contributed by atoms with Crippen LogP contribution in [0.5, 0.6) is 5.75 Å². The Hall–Kier alpha value is -1.98. The minimum absolute atomic E-state index is 0.661. The summed E-state index contributed by atoms with van der Waals surface area (Å²) in [7, 11) is 1.52. The fraction of sp³-hybridized carbons (Fsp3) is 0.250. The van der Waals surface area contributed by atoms with Crippen molar-refractivity contribution >= 4 is 12.0 Å². The zero-order valence-electron chi connectivity index (χ0n) is 9.62. The Morgan fingerprint density at radius 2 is 1.94 bits per heavy atom. The maximum Gasteiger partial charge on any atom is 0.405 e. The van der Waals surface area contributed by atoms with Crippen molar-refractivity contribution in [3.05, 3.63) is 35.9 Å². The van der Waals surface area contributed by atoms with Crippen molar-refractivity contribution < 1.29 is 22.7 Å². The van der Waals surface area contributed by atoms with Crippen LogP contribution in [-0.4, -0.2) is 25.7 Å². The fourth-order valence-electron chi connectivity index (χ4n) is 1.13. The van der Waals surface area contributed by atoms with Crippen LogP contribution in [0.4, 0.5) is 13.2 Å². The van der Waals surface area contributed by atoms with Crippen LogP contribution < -0.4 is 10.1 Å². The zero-order chi connectivity index (χ0) is 13.6. The third-order valence-corrected chi connectivity index (χ3v) is 2.01. The van der Waals surface area contributed by atoms with Gasteiger partial charge in [-0.25, -0.2) is 0 Å². The standard InChI is InChI=1S/C12H12F3NO2/c1-18-10-5-2-9(3-6-10)4-7-11(17)16-8-12(13,14)15/h2-7H,8H2,1H3,(H,16,17)/b7-4+. The van der Waals surface area contributed by atoms with E-state index in [0.717, 1.165) is 6.08 Å². The molecule has 0 fully saturated rings. The van der Waals surface area contributed by atoms with E-state index in [-0.39, 0.29) is 0 Å². The summed E-state index contributed by atoms with van der Waals surface area (Å²) in [5.41, 5.74) is 0.693. The first kappa shape index (κ1) is 14.1. The molecule has 0 aliphatic rings. The third-order valence-electron chi connectivity index (χ3n) is 2.01. The van der Waals surface area contributed by atoms with Gasteiger partial charge >= 0.3 is 6.18 Å². The monoisotopic (exact) mass is 259 g/mol. The van der Waals surface area contributed by atoms with Gasteiger partial charge in [0.05, 0.1) is 7.11 Å². The highest BCUT2D eigenvalue weighted by atomic mass is 19.4. The number of amides is 1. The van der Waals surface area contributed by atoms with Gasteiger partial charge in [0, 0.05) is 6.08 Å². The number of rotatable bonds is 4. The highest BCUT2D eigenvalue weighted by molar-refractivity contribution is 5.91. The van der Waals surface area contributed by atoms with E-state index in [2.05, 4.69) is 0 Å². The fourth-order valence-corrected chi connectivity index (χ4v) is 1.13. The number of hydrogen-bond acceptors (Lipinski definition) is 2. The van der Waals surface area contributed by atoms with Crippen molar-refractivity contribution in [3.63, 3.8) is 0 Å². The third kappa shape index (κ3) is 5.38. The molecule has 3 nitrogen and oxygen atoms in total. The normalized spacial score (nSPS) is 11.6. The van der Waals surface area contributed by atoms with Gasteiger partial charge in [0.2, 0.25) is 5.91 Å². The lowest BCUT2D eigenvalue weighted by Gasteiger charge is -2.05. The summed E-state index contributed by atoms with van der Waals surface area (Å²) in [5, 5.41) is 1.74. The van der Waals surface area contributed by atoms with E-state index in [1.54, 1.807) is 29.6 Å². The van der Waals surface area contributed by atoms with Crippen LogP contribution in [0.25, 0.3) is 6.08 Å². The molecule has 1 aromatic rings. The Morgan fingerprint density at radius 3 is 2.44 bits per heavy atom. The van der Waals surface area contributed by atoms with E-state index in [0.29, 0.717) is 11.3 Å². The molecule has 6 heteroatoms. The minimum Gasteiger partial charge on any atom is -0.497 e. The molecule has 0 spiro atoms. The summed E-state index contributed by atoms with van der Waals surface area (Å²) in [6.07, 6.45) is -1.93. The number of methoxy groups -OCH3 is 1. The molecular formula is C12H12F3NO2. The molecule has 1 N–H and O–H groups in total. The lowest BCUT2D eigenvalue weighted by atomic mass is 10.2. The number of nitrogens with one attached hydrogen (secondary N) is 1. The summed E-state index contributed by atoms with van der Waals surface area (Å²) in [4.78, 5) is 11.1. The van der Waals surface area contributed by atoms with Crippen molar-refractivity contribution in [2.45, 2.75) is 6.18 Å². The summed E-state index contributed by atoms with van der Waals surface area (Å²) in [6.45, 7) is -1.33. The first-order valence-electron chi connectivity index (χ1n) is 5.07. The van der Waals surface area contributed by atoms with Crippen molar-refractivity contribution in [3.8, 4) is 5.75 Å². The highest BCUT2D eigenvalue weighted by Gasteiger charge is 2.27. The second kappa shape index (κ2) is 6.09. The average Bonchev–Trinajstić information content (AvgIpc) is 2.33. The number of benzene rings is 1. The summed E-state index contributed by atoms with van der Waals surface area (Å²) in [6, 6.07) is 6.75. The van der Waals surface area contributed by atoms with E-state index in [1.807, 2.05) is 0 Å². The van der Waals surface area contributed by atoms with Crippen LogP contribution in [0, 0.1) is 0 Å². The smallest absolute Gasteiger partial charge is 0.405 e. The van der Waals surface area contributed by atoms with Crippen LogP contribution in [-0.2, 0) is 4.79 Å². The van der Waals surface area contributed by atoms with E-state index in [4.69, 9.17) is 4.74 Å². The Balaban J connectivity index is 2.50. The molecule has 0 unspecified atom stereocenters. The maximum absolute atomic E-state index is 11.8. The molecule has 1 rings (SSSR count). The minimum atomic E-state index is -4.40. The molecule has 1 aromatic carbocycles. The topological polar surface area (TPSA) is 38.3 Å². The predicted molar refractivity (Wildman–Crippen MR) is 61.1 cm³/mol. The number of carbonyl (C=O) groups is 1. The second-order valence-electron chi connectivity index (χ2n) is 3.44. The van der Waals surface area contributed by atoms with E-state index < -0.39 is 18.6 Å². The van der Waals surface area contributed by atoms with Crippen LogP contribution in [0.2, 0.25) is 0 Å². The first-order valence-corrected chi connectivity index (χ1v) is 5.07. The molecule has 0 saturated carbocycles. The van der Waals surface area contributed by atoms with Gasteiger partial charge in [0.25, 0.3) is 0 Å². The molecule has 0 atom stereocenters. The summed E-state index contributed by atoms with van der Waals surface area (Å²) in [5.74, 6) is -0.128. The average molecular weight is 259 g/mol. The van der Waals surface area contributed by atoms with Crippen LogP contribution in [0.1, 0.15) is 5.56 Å². The largest absolute Gasteiger partial charge is 0.497 e. The molecular weight excluding hydrogens is 247 g/mol. The van der Waals surface area contributed by atoms with Gasteiger partial charge in [-0.2, -0.15) is 13.2 Å². The number of carbonyl (C=O) groups excluding carboxylic acids is 1. The Kier molecular flexibility index (Phi) is 4.76. The molecule has 0 radical (unpaired) electrons. The maximum atomic E-state index is 11.8. The van der Waals surface area contributed by atoms with E-state index in [9.17, 15) is 18.0 Å². The summed E-state index contributed by atoms with van der Waals surface area (Å²) < 4.78 is 40.4. The second-order valence-corrected chi connectivity index (χ2v) is 3.44. The van der Waals surface area contributed by atoms with Gasteiger partial charge in [-0.05, 0) is 23.8 Å². The number of alkyl halides is 3.